The van der Waals surface area contributed by atoms with Crippen LogP contribution < -0.4 is 5.32 Å². The molecule has 1 aromatic carbocycles. The summed E-state index contributed by atoms with van der Waals surface area (Å²) in [6, 6.07) is 5.59. The maximum atomic E-state index is 12.8. The van der Waals surface area contributed by atoms with Crippen molar-refractivity contribution in [2.45, 2.75) is 58.3 Å². The third-order valence-corrected chi connectivity index (χ3v) is 6.21. The lowest BCUT2D eigenvalue weighted by Crippen LogP contribution is -2.39. The van der Waals surface area contributed by atoms with Crippen LogP contribution in [0.25, 0.3) is 0 Å². The molecule has 1 saturated heterocycles. The minimum Gasteiger partial charge on any atom is -0.342 e. The Morgan fingerprint density at radius 2 is 1.62 bits per heavy atom. The van der Waals surface area contributed by atoms with Crippen molar-refractivity contribution < 1.29 is 9.59 Å². The predicted octanol–water partition coefficient (Wildman–Crippen LogP) is 4.80. The molecule has 0 radical (unpaired) electrons. The van der Waals surface area contributed by atoms with Gasteiger partial charge in [0, 0.05) is 35.6 Å². The maximum absolute atomic E-state index is 12.8. The smallest absolute Gasteiger partial charge is 0.227 e. The van der Waals surface area contributed by atoms with Gasteiger partial charge in [-0.15, -0.1) is 0 Å². The molecule has 1 aromatic rings. The Bertz CT molecular complexity index is 645. The van der Waals surface area contributed by atoms with E-state index >= 15 is 0 Å². The first-order chi connectivity index (χ1) is 12.5. The molecule has 0 bridgehead atoms. The highest BCUT2D eigenvalue weighted by Gasteiger charge is 2.32. The molecular weight excluding hydrogens is 348 g/mol. The second kappa shape index (κ2) is 8.90. The normalized spacial score (nSPS) is 24.0. The van der Waals surface area contributed by atoms with Crippen LogP contribution in [-0.4, -0.2) is 29.8 Å². The van der Waals surface area contributed by atoms with E-state index in [9.17, 15) is 9.59 Å². The summed E-state index contributed by atoms with van der Waals surface area (Å²) >= 11 is 6.13. The van der Waals surface area contributed by atoms with Gasteiger partial charge in [-0.25, -0.2) is 0 Å². The van der Waals surface area contributed by atoms with Crippen molar-refractivity contribution in [3.8, 4) is 0 Å². The van der Waals surface area contributed by atoms with Crippen LogP contribution in [0.4, 0.5) is 5.69 Å². The first-order valence-corrected chi connectivity index (χ1v) is 10.3. The van der Waals surface area contributed by atoms with Crippen LogP contribution in [0.2, 0.25) is 5.02 Å². The molecule has 142 valence electrons. The first-order valence-electron chi connectivity index (χ1n) is 9.90. The minimum atomic E-state index is -0.0109. The maximum Gasteiger partial charge on any atom is 0.227 e. The Morgan fingerprint density at radius 1 is 1.00 bits per heavy atom. The van der Waals surface area contributed by atoms with Gasteiger partial charge in [0.1, 0.15) is 0 Å². The van der Waals surface area contributed by atoms with Gasteiger partial charge in [-0.3, -0.25) is 9.59 Å². The molecule has 1 aliphatic heterocycles. The Kier molecular flexibility index (Phi) is 6.58. The SMILES string of the molecule is Cc1ccc(NC(=O)C2CCC(C(=O)N3CCCCCC3)CC2)cc1Cl. The molecule has 2 fully saturated rings. The average molecular weight is 377 g/mol. The number of aryl methyl sites for hydroxylation is 1. The zero-order chi connectivity index (χ0) is 18.5. The largest absolute Gasteiger partial charge is 0.342 e. The van der Waals surface area contributed by atoms with Gasteiger partial charge in [-0.2, -0.15) is 0 Å². The highest BCUT2D eigenvalue weighted by molar-refractivity contribution is 6.31. The molecule has 0 aromatic heterocycles. The molecule has 1 aliphatic carbocycles. The van der Waals surface area contributed by atoms with Gasteiger partial charge in [-0.1, -0.05) is 30.5 Å². The van der Waals surface area contributed by atoms with E-state index in [0.29, 0.717) is 10.9 Å². The first kappa shape index (κ1) is 19.2. The van der Waals surface area contributed by atoms with Gasteiger partial charge >= 0.3 is 0 Å². The van der Waals surface area contributed by atoms with Crippen molar-refractivity contribution in [1.82, 2.24) is 4.90 Å². The number of halogens is 1. The summed E-state index contributed by atoms with van der Waals surface area (Å²) < 4.78 is 0. The van der Waals surface area contributed by atoms with Crippen molar-refractivity contribution >= 4 is 29.1 Å². The summed E-state index contributed by atoms with van der Waals surface area (Å²) in [6.07, 6.45) is 7.94. The molecule has 2 amide bonds. The molecule has 0 spiro atoms. The number of rotatable bonds is 3. The zero-order valence-corrected chi connectivity index (χ0v) is 16.4. The number of nitrogens with zero attached hydrogens (tertiary/aromatic N) is 1. The number of amides is 2. The summed E-state index contributed by atoms with van der Waals surface area (Å²) in [5, 5.41) is 3.64. The summed E-state index contributed by atoms with van der Waals surface area (Å²) in [4.78, 5) is 27.4. The third kappa shape index (κ3) is 4.79. The van der Waals surface area contributed by atoms with E-state index in [2.05, 4.69) is 10.2 Å². The number of likely N-dealkylation sites (tertiary alicyclic amines) is 1. The lowest BCUT2D eigenvalue weighted by molar-refractivity contribution is -0.137. The lowest BCUT2D eigenvalue weighted by atomic mass is 9.81. The van der Waals surface area contributed by atoms with E-state index in [1.807, 2.05) is 19.1 Å². The van der Waals surface area contributed by atoms with Gasteiger partial charge in [0.25, 0.3) is 0 Å². The minimum absolute atomic E-state index is 0.0109. The Morgan fingerprint density at radius 3 is 2.23 bits per heavy atom. The van der Waals surface area contributed by atoms with E-state index in [0.717, 1.165) is 62.9 Å². The van der Waals surface area contributed by atoms with Gasteiger partial charge in [0.2, 0.25) is 11.8 Å². The predicted molar refractivity (Wildman–Crippen MR) is 105 cm³/mol. The molecule has 1 heterocycles. The Hall–Kier alpha value is -1.55. The summed E-state index contributed by atoms with van der Waals surface area (Å²) in [5.41, 5.74) is 1.74. The van der Waals surface area contributed by atoms with Crippen molar-refractivity contribution in [2.75, 3.05) is 18.4 Å². The van der Waals surface area contributed by atoms with E-state index in [-0.39, 0.29) is 17.7 Å². The van der Waals surface area contributed by atoms with Crippen LogP contribution in [0.1, 0.15) is 56.9 Å². The van der Waals surface area contributed by atoms with Crippen LogP contribution in [0, 0.1) is 18.8 Å². The molecule has 4 nitrogen and oxygen atoms in total. The lowest BCUT2D eigenvalue weighted by Gasteiger charge is -2.31. The fourth-order valence-corrected chi connectivity index (χ4v) is 4.25. The van der Waals surface area contributed by atoms with Gasteiger partial charge in [0.15, 0.2) is 0 Å². The quantitative estimate of drug-likeness (QED) is 0.823. The van der Waals surface area contributed by atoms with E-state index < -0.39 is 0 Å². The molecule has 26 heavy (non-hydrogen) atoms. The number of benzene rings is 1. The van der Waals surface area contributed by atoms with Crippen molar-refractivity contribution in [1.29, 1.82) is 0 Å². The summed E-state index contributed by atoms with van der Waals surface area (Å²) in [5.74, 6) is 0.455. The van der Waals surface area contributed by atoms with Gasteiger partial charge < -0.3 is 10.2 Å². The number of nitrogens with one attached hydrogen (secondary N) is 1. The topological polar surface area (TPSA) is 49.4 Å². The van der Waals surface area contributed by atoms with Gasteiger partial charge in [-0.05, 0) is 63.1 Å². The summed E-state index contributed by atoms with van der Waals surface area (Å²) in [7, 11) is 0. The van der Waals surface area contributed by atoms with Crippen molar-refractivity contribution in [2.24, 2.45) is 11.8 Å². The Balaban J connectivity index is 1.50. The van der Waals surface area contributed by atoms with E-state index in [1.165, 1.54) is 12.8 Å². The number of carbonyl (C=O) groups excluding carboxylic acids is 2. The van der Waals surface area contributed by atoms with Crippen molar-refractivity contribution in [3.63, 3.8) is 0 Å². The van der Waals surface area contributed by atoms with Crippen LogP contribution in [0.15, 0.2) is 18.2 Å². The Labute approximate surface area is 161 Å². The van der Waals surface area contributed by atoms with E-state index in [1.54, 1.807) is 6.07 Å². The fraction of sp³-hybridized carbons (Fsp3) is 0.619. The van der Waals surface area contributed by atoms with Gasteiger partial charge in [0.05, 0.1) is 0 Å². The van der Waals surface area contributed by atoms with Crippen LogP contribution in [0.5, 0.6) is 0 Å². The number of hydrogen-bond donors (Lipinski definition) is 1. The summed E-state index contributed by atoms with van der Waals surface area (Å²) in [6.45, 7) is 3.76. The standard InChI is InChI=1S/C21H29ClN2O2/c1-15-6-11-18(14-19(15)22)23-20(25)16-7-9-17(10-8-16)21(26)24-12-4-2-3-5-13-24/h6,11,14,16-17H,2-5,7-10,12-13H2,1H3,(H,23,25). The van der Waals surface area contributed by atoms with Crippen LogP contribution in [-0.2, 0) is 9.59 Å². The second-order valence-electron chi connectivity index (χ2n) is 7.74. The van der Waals surface area contributed by atoms with Crippen LogP contribution >= 0.6 is 11.6 Å². The zero-order valence-electron chi connectivity index (χ0n) is 15.6. The average Bonchev–Trinajstić information content (AvgIpc) is 2.94. The molecule has 0 atom stereocenters. The third-order valence-electron chi connectivity index (χ3n) is 5.80. The van der Waals surface area contributed by atoms with Crippen molar-refractivity contribution in [3.05, 3.63) is 28.8 Å². The molecule has 5 heteroatoms. The highest BCUT2D eigenvalue weighted by Crippen LogP contribution is 2.32. The molecule has 0 unspecified atom stereocenters. The molecular formula is C21H29ClN2O2. The number of anilines is 1. The monoisotopic (exact) mass is 376 g/mol. The molecule has 1 saturated carbocycles. The molecule has 1 N–H and O–H groups in total. The second-order valence-corrected chi connectivity index (χ2v) is 8.15. The molecule has 3 rings (SSSR count). The molecule has 2 aliphatic rings. The number of carbonyl (C=O) groups is 2. The van der Waals surface area contributed by atoms with E-state index in [4.69, 9.17) is 11.6 Å². The fourth-order valence-electron chi connectivity index (χ4n) is 4.07. The highest BCUT2D eigenvalue weighted by atomic mass is 35.5. The number of hydrogen-bond acceptors (Lipinski definition) is 2. The van der Waals surface area contributed by atoms with Crippen LogP contribution in [0.3, 0.4) is 0 Å².